The fraction of sp³-hybridized carbons (Fsp3) is 0.222. The van der Waals surface area contributed by atoms with Crippen molar-refractivity contribution in [3.63, 3.8) is 0 Å². The highest BCUT2D eigenvalue weighted by molar-refractivity contribution is 9.10. The van der Waals surface area contributed by atoms with Crippen LogP contribution in [0.15, 0.2) is 16.9 Å². The van der Waals surface area contributed by atoms with Crippen LogP contribution in [0.4, 0.5) is 17.6 Å². The largest absolute Gasteiger partial charge is 0.507 e. The zero-order valence-corrected chi connectivity index (χ0v) is 9.89. The topological polar surface area (TPSA) is 47.1 Å². The highest BCUT2D eigenvalue weighted by atomic mass is 79.9. The molecule has 1 N–H and O–H groups in total. The summed E-state index contributed by atoms with van der Waals surface area (Å²) < 4.78 is 60.0. The van der Waals surface area contributed by atoms with E-state index in [1.54, 1.807) is 0 Å². The van der Waals surface area contributed by atoms with Gasteiger partial charge >= 0.3 is 12.2 Å². The molecular weight excluding hydrogens is 324 g/mol. The number of benzene rings is 1. The number of fused-ring (bicyclic) bond motifs is 2. The van der Waals surface area contributed by atoms with E-state index in [1.807, 2.05) is 0 Å². The lowest BCUT2D eigenvalue weighted by molar-refractivity contribution is -0.391. The van der Waals surface area contributed by atoms with E-state index in [4.69, 9.17) is 0 Å². The highest BCUT2D eigenvalue weighted by Crippen LogP contribution is 2.47. The maximum absolute atomic E-state index is 12.9. The first-order chi connectivity index (χ1) is 8.28. The molecular formula is C9H3BrF4N2O2. The van der Waals surface area contributed by atoms with E-state index in [9.17, 15) is 17.6 Å². The summed E-state index contributed by atoms with van der Waals surface area (Å²) in [5.41, 5.74) is 0.635. The van der Waals surface area contributed by atoms with E-state index in [1.165, 1.54) is 0 Å². The lowest BCUT2D eigenvalue weighted by Crippen LogP contribution is -2.52. The van der Waals surface area contributed by atoms with Crippen LogP contribution in [0.2, 0.25) is 0 Å². The van der Waals surface area contributed by atoms with Gasteiger partial charge in [0.25, 0.3) is 0 Å². The third-order valence-electron chi connectivity index (χ3n) is 2.33. The predicted octanol–water partition coefficient (Wildman–Crippen LogP) is 3.28. The van der Waals surface area contributed by atoms with Gasteiger partial charge < -0.3 is 14.5 Å². The van der Waals surface area contributed by atoms with E-state index in [0.717, 1.165) is 12.1 Å². The van der Waals surface area contributed by atoms with Crippen LogP contribution >= 0.6 is 15.9 Å². The molecule has 0 unspecified atom stereocenters. The van der Waals surface area contributed by atoms with Crippen LogP contribution in [-0.4, -0.2) is 22.2 Å². The summed E-state index contributed by atoms with van der Waals surface area (Å²) in [6.07, 6.45) is -9.44. The Morgan fingerprint density at radius 1 is 1.06 bits per heavy atom. The van der Waals surface area contributed by atoms with Crippen molar-refractivity contribution in [3.05, 3.63) is 16.9 Å². The first-order valence-corrected chi connectivity index (χ1v) is 5.41. The van der Waals surface area contributed by atoms with E-state index < -0.39 is 23.7 Å². The molecule has 0 aliphatic carbocycles. The summed E-state index contributed by atoms with van der Waals surface area (Å²) in [7, 11) is 0. The number of aromatic nitrogens is 2. The molecule has 0 amide bonds. The number of hydrogen-bond donors (Lipinski definition) is 1. The predicted molar refractivity (Wildman–Crippen MR) is 54.9 cm³/mol. The van der Waals surface area contributed by atoms with E-state index >= 15 is 0 Å². The second kappa shape index (κ2) is 3.28. The fourth-order valence-corrected chi connectivity index (χ4v) is 1.95. The van der Waals surface area contributed by atoms with Crippen LogP contribution in [0.1, 0.15) is 0 Å². The third-order valence-corrected chi connectivity index (χ3v) is 2.71. The minimum Gasteiger partial charge on any atom is -0.421 e. The molecule has 2 aromatic rings. The van der Waals surface area contributed by atoms with Gasteiger partial charge in [-0.2, -0.15) is 17.6 Å². The molecule has 96 valence electrons. The SMILES string of the molecule is FC1(F)Oc2cc3nc(Br)[nH]c3cc2OC1(F)F. The van der Waals surface area contributed by atoms with Gasteiger partial charge in [-0.05, 0) is 15.9 Å². The number of rotatable bonds is 0. The van der Waals surface area contributed by atoms with Gasteiger partial charge in [-0.15, -0.1) is 0 Å². The number of nitrogens with one attached hydrogen (secondary N) is 1. The Kier molecular flexibility index (Phi) is 2.11. The van der Waals surface area contributed by atoms with Crippen LogP contribution in [0, 0.1) is 0 Å². The summed E-state index contributed by atoms with van der Waals surface area (Å²) in [5.74, 6) is -0.966. The highest BCUT2D eigenvalue weighted by Gasteiger charge is 2.66. The second-order valence-electron chi connectivity index (χ2n) is 3.58. The molecule has 1 aromatic heterocycles. The van der Waals surface area contributed by atoms with Gasteiger partial charge in [0.15, 0.2) is 16.2 Å². The number of imidazole rings is 1. The molecule has 0 radical (unpaired) electrons. The van der Waals surface area contributed by atoms with Crippen molar-refractivity contribution in [1.82, 2.24) is 9.97 Å². The van der Waals surface area contributed by atoms with Crippen molar-refractivity contribution < 1.29 is 27.0 Å². The number of alkyl halides is 4. The van der Waals surface area contributed by atoms with Crippen molar-refractivity contribution in [2.75, 3.05) is 0 Å². The van der Waals surface area contributed by atoms with Gasteiger partial charge in [0, 0.05) is 12.1 Å². The second-order valence-corrected chi connectivity index (χ2v) is 4.33. The molecule has 0 bridgehead atoms. The van der Waals surface area contributed by atoms with Gasteiger partial charge in [-0.1, -0.05) is 0 Å². The molecule has 0 atom stereocenters. The Bertz CT molecular complexity index is 590. The standard InChI is InChI=1S/C9H3BrF4N2O2/c10-7-15-3-1-5-6(2-4(3)16-7)18-9(13,14)8(11,12)17-5/h1-2H,(H,15,16). The fourth-order valence-electron chi connectivity index (χ4n) is 1.54. The number of H-pyrrole nitrogens is 1. The Morgan fingerprint density at radius 3 is 2.22 bits per heavy atom. The zero-order valence-electron chi connectivity index (χ0n) is 8.31. The lowest BCUT2D eigenvalue weighted by Gasteiger charge is -2.31. The Hall–Kier alpha value is -1.51. The van der Waals surface area contributed by atoms with Crippen LogP contribution in [0.3, 0.4) is 0 Å². The average molecular weight is 327 g/mol. The van der Waals surface area contributed by atoms with Gasteiger partial charge in [-0.3, -0.25) is 0 Å². The number of aromatic amines is 1. The third kappa shape index (κ3) is 1.53. The quantitative estimate of drug-likeness (QED) is 0.756. The van der Waals surface area contributed by atoms with Crippen molar-refractivity contribution in [3.8, 4) is 11.5 Å². The summed E-state index contributed by atoms with van der Waals surface area (Å²) in [4.78, 5) is 6.59. The average Bonchev–Trinajstić information content (AvgIpc) is 2.55. The van der Waals surface area contributed by atoms with Crippen LogP contribution < -0.4 is 9.47 Å². The molecule has 0 fully saturated rings. The number of hydrogen-bond acceptors (Lipinski definition) is 3. The minimum atomic E-state index is -4.72. The molecule has 0 saturated heterocycles. The molecule has 1 aliphatic rings. The Labute approximate surface area is 105 Å². The molecule has 0 spiro atoms. The number of nitrogens with zero attached hydrogens (tertiary/aromatic N) is 1. The van der Waals surface area contributed by atoms with Crippen molar-refractivity contribution in [1.29, 1.82) is 0 Å². The molecule has 4 nitrogen and oxygen atoms in total. The summed E-state index contributed by atoms with van der Waals surface area (Å²) >= 11 is 3.03. The van der Waals surface area contributed by atoms with E-state index in [-0.39, 0.29) is 5.52 Å². The van der Waals surface area contributed by atoms with Crippen molar-refractivity contribution >= 4 is 27.0 Å². The molecule has 1 aliphatic heterocycles. The van der Waals surface area contributed by atoms with Crippen molar-refractivity contribution in [2.24, 2.45) is 0 Å². The molecule has 18 heavy (non-hydrogen) atoms. The van der Waals surface area contributed by atoms with Gasteiger partial charge in [0.2, 0.25) is 0 Å². The first kappa shape index (κ1) is 11.6. The molecule has 0 saturated carbocycles. The normalized spacial score (nSPS) is 20.1. The zero-order chi connectivity index (χ0) is 13.1. The van der Waals surface area contributed by atoms with E-state index in [0.29, 0.717) is 10.3 Å². The van der Waals surface area contributed by atoms with Crippen LogP contribution in [-0.2, 0) is 0 Å². The molecule has 2 heterocycles. The maximum Gasteiger partial charge on any atom is 0.507 e. The monoisotopic (exact) mass is 326 g/mol. The van der Waals surface area contributed by atoms with Crippen LogP contribution in [0.25, 0.3) is 11.0 Å². The molecule has 9 heteroatoms. The molecule has 3 rings (SSSR count). The summed E-state index contributed by atoms with van der Waals surface area (Å²) in [6, 6.07) is 2.21. The van der Waals surface area contributed by atoms with Gasteiger partial charge in [0.1, 0.15) is 0 Å². The summed E-state index contributed by atoms with van der Waals surface area (Å²) in [5, 5.41) is 0. The van der Waals surface area contributed by atoms with Crippen molar-refractivity contribution in [2.45, 2.75) is 12.2 Å². The Balaban J connectivity index is 2.18. The van der Waals surface area contributed by atoms with Crippen LogP contribution in [0.5, 0.6) is 11.5 Å². The smallest absolute Gasteiger partial charge is 0.421 e. The van der Waals surface area contributed by atoms with Gasteiger partial charge in [0.05, 0.1) is 11.0 Å². The number of ether oxygens (including phenoxy) is 2. The van der Waals surface area contributed by atoms with Gasteiger partial charge in [-0.25, -0.2) is 4.98 Å². The minimum absolute atomic E-state index is 0.283. The number of halogens is 5. The maximum atomic E-state index is 12.9. The summed E-state index contributed by atoms with van der Waals surface area (Å²) in [6.45, 7) is 0. The molecule has 1 aromatic carbocycles. The lowest BCUT2D eigenvalue weighted by atomic mass is 10.2. The first-order valence-electron chi connectivity index (χ1n) is 4.61. The van der Waals surface area contributed by atoms with E-state index in [2.05, 4.69) is 35.4 Å². The Morgan fingerprint density at radius 2 is 1.61 bits per heavy atom.